The first-order valence-electron chi connectivity index (χ1n) is 7.66. The maximum atomic E-state index is 12.6. The quantitative estimate of drug-likeness (QED) is 0.626. The highest BCUT2D eigenvalue weighted by Crippen LogP contribution is 2.30. The third kappa shape index (κ3) is 2.82. The number of nitrogens with one attached hydrogen (secondary N) is 1. The van der Waals surface area contributed by atoms with Crippen LogP contribution in [0.3, 0.4) is 0 Å². The Bertz CT molecular complexity index is 1020. The van der Waals surface area contributed by atoms with Crippen molar-refractivity contribution >= 4 is 28.5 Å². The zero-order chi connectivity index (χ0) is 18.3. The number of aryl methyl sites for hydroxylation is 3. The van der Waals surface area contributed by atoms with E-state index in [4.69, 9.17) is 4.42 Å². The molecule has 25 heavy (non-hydrogen) atoms. The molecule has 0 unspecified atom stereocenters. The lowest BCUT2D eigenvalue weighted by Gasteiger charge is -2.08. The van der Waals surface area contributed by atoms with E-state index in [1.807, 2.05) is 26.0 Å². The summed E-state index contributed by atoms with van der Waals surface area (Å²) in [6.45, 7) is 5.66. The van der Waals surface area contributed by atoms with Gasteiger partial charge in [-0.1, -0.05) is 12.1 Å². The molecule has 0 aliphatic heterocycles. The molecule has 1 amide bonds. The van der Waals surface area contributed by atoms with Crippen molar-refractivity contribution in [1.82, 2.24) is 0 Å². The fourth-order valence-corrected chi connectivity index (χ4v) is 2.73. The van der Waals surface area contributed by atoms with Gasteiger partial charge in [0.2, 0.25) is 0 Å². The van der Waals surface area contributed by atoms with E-state index in [0.29, 0.717) is 11.1 Å². The molecule has 3 rings (SSSR count). The molecule has 3 aromatic rings. The van der Waals surface area contributed by atoms with Crippen LogP contribution in [0.2, 0.25) is 0 Å². The van der Waals surface area contributed by atoms with E-state index in [0.717, 1.165) is 22.6 Å². The van der Waals surface area contributed by atoms with Crippen molar-refractivity contribution in [3.63, 3.8) is 0 Å². The van der Waals surface area contributed by atoms with E-state index in [1.54, 1.807) is 6.92 Å². The van der Waals surface area contributed by atoms with Gasteiger partial charge in [0.05, 0.1) is 11.3 Å². The van der Waals surface area contributed by atoms with E-state index < -0.39 is 11.9 Å². The molecule has 128 valence electrons. The highest BCUT2D eigenvalue weighted by atomic mass is 16.4. The number of phenolic OH excluding ortho intramolecular Hbond substituents is 1. The topological polar surface area (TPSA) is 99.8 Å². The summed E-state index contributed by atoms with van der Waals surface area (Å²) in [7, 11) is 0. The molecular formula is C19H17NO5. The molecule has 0 aliphatic rings. The number of carboxylic acid groups (broad SMARTS) is 1. The second kappa shape index (κ2) is 5.98. The predicted octanol–water partition coefficient (Wildman–Crippen LogP) is 4.01. The average molecular weight is 339 g/mol. The first-order chi connectivity index (χ1) is 11.8. The van der Waals surface area contributed by atoms with Crippen LogP contribution in [0, 0.1) is 20.8 Å². The summed E-state index contributed by atoms with van der Waals surface area (Å²) in [6.07, 6.45) is 0. The second-order valence-corrected chi connectivity index (χ2v) is 5.93. The van der Waals surface area contributed by atoms with E-state index in [-0.39, 0.29) is 22.8 Å². The lowest BCUT2D eigenvalue weighted by molar-refractivity contribution is 0.0697. The minimum Gasteiger partial charge on any atom is -0.508 e. The van der Waals surface area contributed by atoms with Gasteiger partial charge in [-0.05, 0) is 50.1 Å². The molecule has 3 N–H and O–H groups in total. The average Bonchev–Trinajstić information content (AvgIpc) is 2.90. The molecule has 0 atom stereocenters. The second-order valence-electron chi connectivity index (χ2n) is 5.93. The Morgan fingerprint density at radius 2 is 1.76 bits per heavy atom. The summed E-state index contributed by atoms with van der Waals surface area (Å²) in [5.74, 6) is -1.85. The van der Waals surface area contributed by atoms with Gasteiger partial charge in [0.25, 0.3) is 5.91 Å². The SMILES string of the molecule is Cc1ccc2c(C)c(C(=O)Nc3ccc(O)cc3C(=O)O)oc2c1C. The fraction of sp³-hybridized carbons (Fsp3) is 0.158. The number of hydrogen-bond acceptors (Lipinski definition) is 4. The summed E-state index contributed by atoms with van der Waals surface area (Å²) >= 11 is 0. The standard InChI is InChI=1S/C19H17NO5/c1-9-4-6-13-11(3)17(25-16(13)10(9)2)18(22)20-15-7-5-12(21)8-14(15)19(23)24/h4-8,21H,1-3H3,(H,20,22)(H,23,24). The number of carbonyl (C=O) groups excluding carboxylic acids is 1. The summed E-state index contributed by atoms with van der Waals surface area (Å²) in [6, 6.07) is 7.59. The van der Waals surface area contributed by atoms with Gasteiger partial charge in [-0.3, -0.25) is 4.79 Å². The number of furan rings is 1. The maximum absolute atomic E-state index is 12.6. The van der Waals surface area contributed by atoms with Gasteiger partial charge in [0.15, 0.2) is 5.76 Å². The van der Waals surface area contributed by atoms with Gasteiger partial charge in [-0.2, -0.15) is 0 Å². The number of rotatable bonds is 3. The van der Waals surface area contributed by atoms with Gasteiger partial charge >= 0.3 is 5.97 Å². The number of carboxylic acids is 1. The molecule has 0 aliphatic carbocycles. The highest BCUT2D eigenvalue weighted by Gasteiger charge is 2.21. The number of aromatic hydroxyl groups is 1. The third-order valence-corrected chi connectivity index (χ3v) is 4.31. The summed E-state index contributed by atoms with van der Waals surface area (Å²) in [5.41, 5.74) is 3.23. The highest BCUT2D eigenvalue weighted by molar-refractivity contribution is 6.09. The Morgan fingerprint density at radius 1 is 1.04 bits per heavy atom. The summed E-state index contributed by atoms with van der Waals surface area (Å²) in [4.78, 5) is 23.9. The van der Waals surface area contributed by atoms with Crippen LogP contribution in [0.15, 0.2) is 34.7 Å². The summed E-state index contributed by atoms with van der Waals surface area (Å²) in [5, 5.41) is 22.1. The van der Waals surface area contributed by atoms with Crippen molar-refractivity contribution < 1.29 is 24.2 Å². The lowest BCUT2D eigenvalue weighted by atomic mass is 10.0. The summed E-state index contributed by atoms with van der Waals surface area (Å²) < 4.78 is 5.76. The first kappa shape index (κ1) is 16.6. The van der Waals surface area contributed by atoms with Crippen molar-refractivity contribution in [1.29, 1.82) is 0 Å². The Hall–Kier alpha value is -3.28. The van der Waals surface area contributed by atoms with Gasteiger partial charge in [-0.15, -0.1) is 0 Å². The number of carbonyl (C=O) groups is 2. The molecule has 6 heteroatoms. The molecule has 2 aromatic carbocycles. The number of anilines is 1. The van der Waals surface area contributed by atoms with Crippen LogP contribution in [0.1, 0.15) is 37.6 Å². The van der Waals surface area contributed by atoms with Crippen molar-refractivity contribution in [2.24, 2.45) is 0 Å². The predicted molar refractivity (Wildman–Crippen MR) is 93.4 cm³/mol. The molecule has 0 spiro atoms. The van der Waals surface area contributed by atoms with Gasteiger partial charge in [-0.25, -0.2) is 4.79 Å². The molecule has 0 saturated carbocycles. The number of phenols is 1. The Balaban J connectivity index is 2.03. The zero-order valence-electron chi connectivity index (χ0n) is 14.0. The van der Waals surface area contributed by atoms with Crippen LogP contribution in [0.4, 0.5) is 5.69 Å². The Morgan fingerprint density at radius 3 is 2.44 bits per heavy atom. The molecule has 0 saturated heterocycles. The number of hydrogen-bond donors (Lipinski definition) is 3. The van der Waals surface area contributed by atoms with Crippen LogP contribution in [0.5, 0.6) is 5.75 Å². The van der Waals surface area contributed by atoms with Crippen molar-refractivity contribution in [2.75, 3.05) is 5.32 Å². The molecule has 1 heterocycles. The van der Waals surface area contributed by atoms with E-state index in [2.05, 4.69) is 5.32 Å². The van der Waals surface area contributed by atoms with E-state index in [9.17, 15) is 19.8 Å². The number of benzene rings is 2. The maximum Gasteiger partial charge on any atom is 0.337 e. The Labute approximate surface area is 143 Å². The number of amides is 1. The molecule has 0 radical (unpaired) electrons. The first-order valence-corrected chi connectivity index (χ1v) is 7.66. The molecule has 1 aromatic heterocycles. The monoisotopic (exact) mass is 339 g/mol. The third-order valence-electron chi connectivity index (χ3n) is 4.31. The van der Waals surface area contributed by atoms with Gasteiger partial charge < -0.3 is 19.9 Å². The lowest BCUT2D eigenvalue weighted by Crippen LogP contribution is -2.15. The van der Waals surface area contributed by atoms with Crippen LogP contribution in [-0.4, -0.2) is 22.1 Å². The van der Waals surface area contributed by atoms with E-state index in [1.165, 1.54) is 12.1 Å². The van der Waals surface area contributed by atoms with Crippen LogP contribution in [-0.2, 0) is 0 Å². The largest absolute Gasteiger partial charge is 0.508 e. The van der Waals surface area contributed by atoms with Crippen LogP contribution < -0.4 is 5.32 Å². The van der Waals surface area contributed by atoms with E-state index >= 15 is 0 Å². The minimum atomic E-state index is -1.25. The fourth-order valence-electron chi connectivity index (χ4n) is 2.73. The molecule has 0 fully saturated rings. The van der Waals surface area contributed by atoms with Crippen molar-refractivity contribution in [3.05, 3.63) is 58.3 Å². The zero-order valence-corrected chi connectivity index (χ0v) is 14.0. The number of fused-ring (bicyclic) bond motifs is 1. The molecule has 6 nitrogen and oxygen atoms in total. The Kier molecular flexibility index (Phi) is 3.96. The molecule has 0 bridgehead atoms. The molecular weight excluding hydrogens is 322 g/mol. The van der Waals surface area contributed by atoms with Gasteiger partial charge in [0, 0.05) is 10.9 Å². The minimum absolute atomic E-state index is 0.0862. The van der Waals surface area contributed by atoms with Gasteiger partial charge in [0.1, 0.15) is 11.3 Å². The van der Waals surface area contributed by atoms with Crippen molar-refractivity contribution in [2.45, 2.75) is 20.8 Å². The van der Waals surface area contributed by atoms with Crippen LogP contribution in [0.25, 0.3) is 11.0 Å². The van der Waals surface area contributed by atoms with Crippen LogP contribution >= 0.6 is 0 Å². The smallest absolute Gasteiger partial charge is 0.337 e. The number of aromatic carboxylic acids is 1. The normalized spacial score (nSPS) is 10.8. The van der Waals surface area contributed by atoms with Crippen molar-refractivity contribution in [3.8, 4) is 5.75 Å².